The molecular formula is C33H29F2N3O4. The normalized spacial score (nSPS) is 13.3. The Kier molecular flexibility index (Phi) is 8.47. The van der Waals surface area contributed by atoms with Gasteiger partial charge < -0.3 is 14.4 Å². The summed E-state index contributed by atoms with van der Waals surface area (Å²) in [5.74, 6) is -1.73. The third-order valence-electron chi connectivity index (χ3n) is 6.79. The number of hydrogen-bond donors (Lipinski definition) is 0. The summed E-state index contributed by atoms with van der Waals surface area (Å²) in [5, 5.41) is 1.74. The Hall–Kier alpha value is -5.18. The fraction of sp³-hybridized carbons (Fsp3) is 0.152. The maximum atomic E-state index is 15.2. The maximum absolute atomic E-state index is 15.2. The zero-order valence-electron chi connectivity index (χ0n) is 22.8. The van der Waals surface area contributed by atoms with Gasteiger partial charge in [0, 0.05) is 24.4 Å². The number of nitrogens with zero attached hydrogens (tertiary/aromatic N) is 3. The Balaban J connectivity index is 1.72. The molecule has 0 fully saturated rings. The fourth-order valence-electron chi connectivity index (χ4n) is 4.97. The summed E-state index contributed by atoms with van der Waals surface area (Å²) in [6.07, 6.45) is 4.52. The Morgan fingerprint density at radius 2 is 1.67 bits per heavy atom. The van der Waals surface area contributed by atoms with Crippen molar-refractivity contribution < 1.29 is 23.0 Å². The fourth-order valence-corrected chi connectivity index (χ4v) is 4.97. The number of para-hydroxylation sites is 1. The SMILES string of the molecule is C=CCOc1c(F)cccc1C(c1cccc(F)c1)N1CN(CC=C)C(=O)c2c(OCc3ccccc3)c(=O)ccn21. The molecule has 0 spiro atoms. The molecule has 42 heavy (non-hydrogen) atoms. The number of carbonyl (C=O) groups is 1. The highest BCUT2D eigenvalue weighted by atomic mass is 19.1. The van der Waals surface area contributed by atoms with Crippen molar-refractivity contribution in [1.82, 2.24) is 9.58 Å². The number of halogens is 2. The lowest BCUT2D eigenvalue weighted by Gasteiger charge is -2.44. The summed E-state index contributed by atoms with van der Waals surface area (Å²) in [7, 11) is 0. The number of amides is 1. The van der Waals surface area contributed by atoms with Crippen molar-refractivity contribution in [2.45, 2.75) is 12.6 Å². The minimum atomic E-state index is -0.861. The smallest absolute Gasteiger partial charge is 0.278 e. The van der Waals surface area contributed by atoms with Crippen LogP contribution in [0.15, 0.2) is 115 Å². The molecule has 9 heteroatoms. The van der Waals surface area contributed by atoms with Gasteiger partial charge in [-0.15, -0.1) is 6.58 Å². The highest BCUT2D eigenvalue weighted by Crippen LogP contribution is 2.38. The van der Waals surface area contributed by atoms with Crippen LogP contribution in [-0.2, 0) is 6.61 Å². The van der Waals surface area contributed by atoms with E-state index in [1.807, 2.05) is 30.3 Å². The average molecular weight is 570 g/mol. The van der Waals surface area contributed by atoms with Gasteiger partial charge >= 0.3 is 0 Å². The van der Waals surface area contributed by atoms with Crippen molar-refractivity contribution in [2.75, 3.05) is 24.8 Å². The molecule has 214 valence electrons. The van der Waals surface area contributed by atoms with E-state index in [0.717, 1.165) is 5.56 Å². The summed E-state index contributed by atoms with van der Waals surface area (Å²) in [6, 6.07) is 20.1. The predicted octanol–water partition coefficient (Wildman–Crippen LogP) is 5.60. The number of fused-ring (bicyclic) bond motifs is 1. The Morgan fingerprint density at radius 1 is 0.881 bits per heavy atom. The van der Waals surface area contributed by atoms with Crippen molar-refractivity contribution in [1.29, 1.82) is 0 Å². The predicted molar refractivity (Wildman–Crippen MR) is 156 cm³/mol. The topological polar surface area (TPSA) is 64.0 Å². The number of hydrogen-bond acceptors (Lipinski definition) is 5. The lowest BCUT2D eigenvalue weighted by atomic mass is 9.96. The zero-order chi connectivity index (χ0) is 29.6. The lowest BCUT2D eigenvalue weighted by Crippen LogP contribution is -2.55. The zero-order valence-corrected chi connectivity index (χ0v) is 22.8. The minimum absolute atomic E-state index is 0.00254. The molecule has 4 aromatic rings. The van der Waals surface area contributed by atoms with E-state index in [-0.39, 0.29) is 43.6 Å². The summed E-state index contributed by atoms with van der Waals surface area (Å²) in [6.45, 7) is 7.67. The van der Waals surface area contributed by atoms with Crippen LogP contribution in [0.25, 0.3) is 0 Å². The number of aromatic nitrogens is 1. The first-order chi connectivity index (χ1) is 20.4. The van der Waals surface area contributed by atoms with E-state index in [1.54, 1.807) is 29.3 Å². The van der Waals surface area contributed by atoms with Crippen LogP contribution >= 0.6 is 0 Å². The lowest BCUT2D eigenvalue weighted by molar-refractivity contribution is 0.0698. The van der Waals surface area contributed by atoms with Crippen LogP contribution < -0.4 is 19.9 Å². The van der Waals surface area contributed by atoms with E-state index in [0.29, 0.717) is 11.1 Å². The van der Waals surface area contributed by atoms with E-state index in [4.69, 9.17) is 9.47 Å². The van der Waals surface area contributed by atoms with Gasteiger partial charge in [-0.05, 0) is 29.3 Å². The number of pyridine rings is 1. The van der Waals surface area contributed by atoms with Gasteiger partial charge in [-0.2, -0.15) is 0 Å². The van der Waals surface area contributed by atoms with Crippen molar-refractivity contribution in [3.05, 3.63) is 155 Å². The summed E-state index contributed by atoms with van der Waals surface area (Å²) >= 11 is 0. The van der Waals surface area contributed by atoms with E-state index in [1.165, 1.54) is 52.2 Å². The monoisotopic (exact) mass is 569 g/mol. The second kappa shape index (κ2) is 12.6. The molecular weight excluding hydrogens is 540 g/mol. The molecule has 2 heterocycles. The molecule has 0 saturated carbocycles. The minimum Gasteiger partial charge on any atom is -0.486 e. The Bertz CT molecular complexity index is 1670. The molecule has 1 unspecified atom stereocenters. The van der Waals surface area contributed by atoms with Crippen LogP contribution in [0, 0.1) is 11.6 Å². The summed E-state index contributed by atoms with van der Waals surface area (Å²) in [4.78, 5) is 28.4. The van der Waals surface area contributed by atoms with Gasteiger partial charge in [0.15, 0.2) is 23.0 Å². The third-order valence-corrected chi connectivity index (χ3v) is 6.79. The van der Waals surface area contributed by atoms with E-state index < -0.39 is 29.0 Å². The quantitative estimate of drug-likeness (QED) is 0.220. The van der Waals surface area contributed by atoms with Gasteiger partial charge in [0.2, 0.25) is 5.43 Å². The first-order valence-corrected chi connectivity index (χ1v) is 13.3. The van der Waals surface area contributed by atoms with Crippen molar-refractivity contribution in [3.63, 3.8) is 0 Å². The first kappa shape index (κ1) is 28.4. The molecule has 1 aliphatic rings. The second-order valence-corrected chi connectivity index (χ2v) is 9.59. The first-order valence-electron chi connectivity index (χ1n) is 13.3. The van der Waals surface area contributed by atoms with Crippen molar-refractivity contribution in [3.8, 4) is 11.5 Å². The summed E-state index contributed by atoms with van der Waals surface area (Å²) < 4.78 is 43.1. The maximum Gasteiger partial charge on any atom is 0.278 e. The van der Waals surface area contributed by atoms with E-state index in [2.05, 4.69) is 13.2 Å². The molecule has 3 aromatic carbocycles. The van der Waals surface area contributed by atoms with Crippen LogP contribution in [0.4, 0.5) is 8.78 Å². The van der Waals surface area contributed by atoms with Crippen molar-refractivity contribution in [2.24, 2.45) is 0 Å². The van der Waals surface area contributed by atoms with Crippen LogP contribution in [-0.4, -0.2) is 35.3 Å². The molecule has 0 saturated heterocycles. The standard InChI is InChI=1S/C33H29F2N3O4/c1-3-17-36-22-38(37-18-16-28(39)32(30(37)33(36)40)42-21-23-10-6-5-7-11-23)29(24-12-8-13-25(34)20-24)26-14-9-15-27(35)31(26)41-19-4-2/h3-16,18,20,29H,1-2,17,19,21-22H2. The van der Waals surface area contributed by atoms with E-state index >= 15 is 4.39 Å². The van der Waals surface area contributed by atoms with Crippen LogP contribution in [0.3, 0.4) is 0 Å². The number of rotatable bonds is 11. The van der Waals surface area contributed by atoms with Gasteiger partial charge in [-0.3, -0.25) is 19.3 Å². The Morgan fingerprint density at radius 3 is 2.40 bits per heavy atom. The van der Waals surface area contributed by atoms with Crippen molar-refractivity contribution >= 4 is 5.91 Å². The van der Waals surface area contributed by atoms with Gasteiger partial charge in [0.25, 0.3) is 5.91 Å². The largest absolute Gasteiger partial charge is 0.486 e. The summed E-state index contributed by atoms with van der Waals surface area (Å²) in [5.41, 5.74) is 1.16. The molecule has 0 N–H and O–H groups in total. The molecule has 1 atom stereocenters. The molecule has 7 nitrogen and oxygen atoms in total. The van der Waals surface area contributed by atoms with Gasteiger partial charge in [-0.25, -0.2) is 8.78 Å². The van der Waals surface area contributed by atoms with Gasteiger partial charge in [0.1, 0.15) is 31.7 Å². The molecule has 0 aliphatic carbocycles. The molecule has 1 aromatic heterocycles. The number of carbonyl (C=O) groups excluding carboxylic acids is 1. The highest BCUT2D eigenvalue weighted by molar-refractivity contribution is 5.96. The highest BCUT2D eigenvalue weighted by Gasteiger charge is 2.38. The Labute approximate surface area is 242 Å². The van der Waals surface area contributed by atoms with E-state index in [9.17, 15) is 14.0 Å². The molecule has 1 aliphatic heterocycles. The molecule has 0 radical (unpaired) electrons. The number of benzene rings is 3. The van der Waals surface area contributed by atoms with Crippen LogP contribution in [0.1, 0.15) is 33.2 Å². The van der Waals surface area contributed by atoms with Crippen LogP contribution in [0.5, 0.6) is 11.5 Å². The van der Waals surface area contributed by atoms with Gasteiger partial charge in [0.05, 0.1) is 0 Å². The third kappa shape index (κ3) is 5.67. The average Bonchev–Trinajstić information content (AvgIpc) is 2.99. The molecule has 1 amide bonds. The molecule has 5 rings (SSSR count). The van der Waals surface area contributed by atoms with Crippen LogP contribution in [0.2, 0.25) is 0 Å². The van der Waals surface area contributed by atoms with Gasteiger partial charge in [-0.1, -0.05) is 73.3 Å². The second-order valence-electron chi connectivity index (χ2n) is 9.59. The number of ether oxygens (including phenoxy) is 2. The molecule has 0 bridgehead atoms.